The van der Waals surface area contributed by atoms with Crippen LogP contribution in [0.2, 0.25) is 0 Å². The average molecular weight is 413 g/mol. The van der Waals surface area contributed by atoms with Crippen LogP contribution in [-0.4, -0.2) is 77.2 Å². The predicted molar refractivity (Wildman–Crippen MR) is 112 cm³/mol. The lowest BCUT2D eigenvalue weighted by Crippen LogP contribution is -2.64. The Morgan fingerprint density at radius 1 is 1.17 bits per heavy atom. The fourth-order valence-electron chi connectivity index (χ4n) is 4.31. The van der Waals surface area contributed by atoms with Crippen LogP contribution in [-0.2, 0) is 4.79 Å². The molecule has 0 saturated carbocycles. The molecule has 0 spiro atoms. The summed E-state index contributed by atoms with van der Waals surface area (Å²) in [5.41, 5.74) is 3.77. The molecule has 1 aromatic carbocycles. The van der Waals surface area contributed by atoms with Crippen LogP contribution < -0.4 is 9.64 Å². The van der Waals surface area contributed by atoms with Gasteiger partial charge >= 0.3 is 6.03 Å². The molecule has 9 heteroatoms. The summed E-state index contributed by atoms with van der Waals surface area (Å²) in [6.45, 7) is 6.05. The van der Waals surface area contributed by atoms with Gasteiger partial charge in [0.05, 0.1) is 12.8 Å². The van der Waals surface area contributed by atoms with E-state index < -0.39 is 18.2 Å². The van der Waals surface area contributed by atoms with Crippen molar-refractivity contribution in [3.05, 3.63) is 35.2 Å². The van der Waals surface area contributed by atoms with E-state index in [4.69, 9.17) is 14.8 Å². The Kier molecular flexibility index (Phi) is 4.93. The van der Waals surface area contributed by atoms with E-state index in [0.717, 1.165) is 22.6 Å². The van der Waals surface area contributed by atoms with Crippen molar-refractivity contribution in [2.45, 2.75) is 39.4 Å². The molecule has 9 nitrogen and oxygen atoms in total. The van der Waals surface area contributed by atoms with Gasteiger partial charge in [0.25, 0.3) is 5.91 Å². The first-order valence-corrected chi connectivity index (χ1v) is 10.00. The number of aryl methyl sites for hydroxylation is 1. The van der Waals surface area contributed by atoms with Crippen molar-refractivity contribution in [1.29, 1.82) is 0 Å². The Labute approximate surface area is 175 Å². The number of rotatable bonds is 5. The van der Waals surface area contributed by atoms with Gasteiger partial charge in [-0.1, -0.05) is 6.07 Å². The minimum absolute atomic E-state index is 0.0840. The molecule has 1 fully saturated rings. The van der Waals surface area contributed by atoms with Crippen molar-refractivity contribution in [2.75, 3.05) is 32.2 Å². The summed E-state index contributed by atoms with van der Waals surface area (Å²) >= 11 is 0. The largest absolute Gasteiger partial charge is 0.495 e. The van der Waals surface area contributed by atoms with E-state index in [1.807, 2.05) is 48.8 Å². The van der Waals surface area contributed by atoms with Gasteiger partial charge < -0.3 is 14.7 Å². The van der Waals surface area contributed by atoms with Gasteiger partial charge in [0.15, 0.2) is 12.2 Å². The van der Waals surface area contributed by atoms with E-state index in [9.17, 15) is 9.59 Å². The number of hydrogen-bond donors (Lipinski definition) is 1. The van der Waals surface area contributed by atoms with E-state index in [0.29, 0.717) is 18.1 Å². The van der Waals surface area contributed by atoms with Crippen molar-refractivity contribution >= 4 is 23.6 Å². The number of nitrogens with zero attached hydrogens (tertiary/aromatic N) is 5. The third-order valence-electron chi connectivity index (χ3n) is 6.01. The molecule has 160 valence electrons. The van der Waals surface area contributed by atoms with Crippen LogP contribution >= 0.6 is 0 Å². The Hall–Kier alpha value is -3.07. The van der Waals surface area contributed by atoms with Crippen LogP contribution in [0.5, 0.6) is 5.75 Å². The third kappa shape index (κ3) is 2.76. The Morgan fingerprint density at radius 3 is 2.57 bits per heavy atom. The van der Waals surface area contributed by atoms with Gasteiger partial charge in [-0.15, -0.1) is 0 Å². The fraction of sp³-hybridized carbons (Fsp3) is 0.476. The number of guanidine groups is 1. The molecule has 30 heavy (non-hydrogen) atoms. The monoisotopic (exact) mass is 413 g/mol. The Bertz CT molecular complexity index is 972. The zero-order valence-corrected chi connectivity index (χ0v) is 17.9. The maximum atomic E-state index is 13.3. The zero-order valence-electron chi connectivity index (χ0n) is 17.9. The molecule has 3 aliphatic rings. The molecule has 0 aliphatic carbocycles. The maximum Gasteiger partial charge on any atom is 0.328 e. The lowest BCUT2D eigenvalue weighted by Gasteiger charge is -2.40. The number of hydrogen-bond acceptors (Lipinski definition) is 7. The Morgan fingerprint density at radius 2 is 1.90 bits per heavy atom. The molecule has 2 unspecified atom stereocenters. The van der Waals surface area contributed by atoms with Crippen LogP contribution in [0.4, 0.5) is 10.5 Å². The van der Waals surface area contributed by atoms with Gasteiger partial charge in [-0.25, -0.2) is 9.79 Å². The number of allylic oxidation sites excluding steroid dienone is 2. The quantitative estimate of drug-likeness (QED) is 0.791. The smallest absolute Gasteiger partial charge is 0.328 e. The summed E-state index contributed by atoms with van der Waals surface area (Å²) in [6.07, 6.45) is -0.261. The summed E-state index contributed by atoms with van der Waals surface area (Å²) in [4.78, 5) is 37.5. The van der Waals surface area contributed by atoms with Crippen LogP contribution in [0.25, 0.3) is 0 Å². The number of carbonyl (C=O) groups is 2. The Balaban J connectivity index is 1.78. The standard InChI is InChI=1S/C21H27N5O4/c1-12-7-8-16(30-5)15(11-12)25-13(2)14(3)26-17-18(22-20(25)26)23(4)21(29)24(19(17)28)9-6-10-27/h7-8,11,17-18,27H,6,9-10H2,1-5H3. The number of benzene rings is 1. The van der Waals surface area contributed by atoms with Crippen molar-refractivity contribution in [3.63, 3.8) is 0 Å². The average Bonchev–Trinajstić information content (AvgIpc) is 3.22. The highest BCUT2D eigenvalue weighted by Crippen LogP contribution is 2.42. The number of carbonyl (C=O) groups excluding carboxylic acids is 2. The summed E-state index contributed by atoms with van der Waals surface area (Å²) in [5.74, 6) is 1.02. The van der Waals surface area contributed by atoms with Gasteiger partial charge in [-0.2, -0.15) is 0 Å². The van der Waals surface area contributed by atoms with Crippen molar-refractivity contribution in [1.82, 2.24) is 14.7 Å². The molecular weight excluding hydrogens is 386 g/mol. The van der Waals surface area contributed by atoms with Crippen LogP contribution in [0.3, 0.4) is 0 Å². The summed E-state index contributed by atoms with van der Waals surface area (Å²) in [5, 5.41) is 9.16. The number of ether oxygens (including phenoxy) is 1. The lowest BCUT2D eigenvalue weighted by molar-refractivity contribution is -0.136. The van der Waals surface area contributed by atoms with E-state index in [1.54, 1.807) is 14.2 Å². The van der Waals surface area contributed by atoms with Crippen LogP contribution in [0.1, 0.15) is 25.8 Å². The predicted octanol–water partition coefficient (Wildman–Crippen LogP) is 1.72. The number of fused-ring (bicyclic) bond motifs is 3. The molecular formula is C21H27N5O4. The summed E-state index contributed by atoms with van der Waals surface area (Å²) < 4.78 is 5.58. The molecule has 0 bridgehead atoms. The first-order valence-electron chi connectivity index (χ1n) is 10.00. The molecule has 1 aromatic rings. The molecule has 2 atom stereocenters. The van der Waals surface area contributed by atoms with Crippen molar-refractivity contribution < 1.29 is 19.4 Å². The number of aliphatic hydroxyl groups excluding tert-OH is 1. The van der Waals surface area contributed by atoms with Crippen molar-refractivity contribution in [3.8, 4) is 5.75 Å². The van der Waals surface area contributed by atoms with Crippen molar-refractivity contribution in [2.24, 2.45) is 4.99 Å². The molecule has 1 N–H and O–H groups in total. The summed E-state index contributed by atoms with van der Waals surface area (Å²) in [7, 11) is 3.28. The van der Waals surface area contributed by atoms with E-state index in [1.165, 1.54) is 9.80 Å². The second-order valence-corrected chi connectivity index (χ2v) is 7.80. The molecule has 0 radical (unpaired) electrons. The number of aliphatic imine (C=N–C) groups is 1. The topological polar surface area (TPSA) is 88.9 Å². The van der Waals surface area contributed by atoms with Gasteiger partial charge in [0.1, 0.15) is 5.75 Å². The van der Waals surface area contributed by atoms with Gasteiger partial charge in [-0.05, 0) is 44.9 Å². The molecule has 0 aromatic heterocycles. The minimum atomic E-state index is -0.628. The normalized spacial score (nSPS) is 23.3. The number of imide groups is 1. The van der Waals surface area contributed by atoms with Gasteiger partial charge in [-0.3, -0.25) is 19.5 Å². The molecule has 3 aliphatic heterocycles. The number of likely N-dealkylation sites (N-methyl/N-ethyl adjacent to an activating group) is 1. The molecule has 3 amide bonds. The molecule has 1 saturated heterocycles. The zero-order chi connectivity index (χ0) is 21.7. The van der Waals surface area contributed by atoms with E-state index in [2.05, 4.69) is 0 Å². The highest BCUT2D eigenvalue weighted by molar-refractivity contribution is 6.11. The van der Waals surface area contributed by atoms with E-state index >= 15 is 0 Å². The second kappa shape index (κ2) is 7.32. The number of anilines is 1. The highest BCUT2D eigenvalue weighted by atomic mass is 16.5. The number of urea groups is 1. The maximum absolute atomic E-state index is 13.3. The first kappa shape index (κ1) is 20.2. The van der Waals surface area contributed by atoms with Crippen LogP contribution in [0, 0.1) is 6.92 Å². The fourth-order valence-corrected chi connectivity index (χ4v) is 4.31. The highest BCUT2D eigenvalue weighted by Gasteiger charge is 2.56. The number of amides is 3. The lowest BCUT2D eigenvalue weighted by atomic mass is 10.1. The molecule has 4 rings (SSSR count). The van der Waals surface area contributed by atoms with Gasteiger partial charge in [0, 0.05) is 31.6 Å². The molecule has 3 heterocycles. The summed E-state index contributed by atoms with van der Waals surface area (Å²) in [6, 6.07) is 4.90. The first-order chi connectivity index (χ1) is 14.3. The van der Waals surface area contributed by atoms with Gasteiger partial charge in [0.2, 0.25) is 5.96 Å². The SMILES string of the molecule is COc1ccc(C)cc1N1C2=NC3C(C(=O)N(CCCO)C(=O)N3C)N2C(C)=C1C. The minimum Gasteiger partial charge on any atom is -0.495 e. The number of methoxy groups -OCH3 is 1. The van der Waals surface area contributed by atoms with Crippen LogP contribution in [0.15, 0.2) is 34.6 Å². The third-order valence-corrected chi connectivity index (χ3v) is 6.01. The van der Waals surface area contributed by atoms with E-state index in [-0.39, 0.29) is 19.1 Å². The second-order valence-electron chi connectivity index (χ2n) is 7.80. The number of aliphatic hydroxyl groups is 1.